The average molecular weight is 313 g/mol. The average Bonchev–Trinajstić information content (AvgIpc) is 3.14. The molecule has 0 bridgehead atoms. The van der Waals surface area contributed by atoms with E-state index in [-0.39, 0.29) is 5.91 Å². The number of aromatic nitrogens is 2. The van der Waals surface area contributed by atoms with Gasteiger partial charge < -0.3 is 9.64 Å². The highest BCUT2D eigenvalue weighted by atomic mass is 16.5. The zero-order chi connectivity index (χ0) is 16.2. The van der Waals surface area contributed by atoms with Crippen LogP contribution in [0.2, 0.25) is 0 Å². The number of para-hydroxylation sites is 1. The van der Waals surface area contributed by atoms with Gasteiger partial charge in [0.05, 0.1) is 12.3 Å². The van der Waals surface area contributed by atoms with E-state index in [1.54, 1.807) is 4.68 Å². The van der Waals surface area contributed by atoms with Crippen molar-refractivity contribution < 1.29 is 9.53 Å². The monoisotopic (exact) mass is 313 g/mol. The second-order valence-electron chi connectivity index (χ2n) is 6.15. The zero-order valence-corrected chi connectivity index (χ0v) is 13.7. The van der Waals surface area contributed by atoms with Gasteiger partial charge in [-0.25, -0.2) is 0 Å². The summed E-state index contributed by atoms with van der Waals surface area (Å²) in [5, 5.41) is 4.25. The normalized spacial score (nSPS) is 17.5. The molecular weight excluding hydrogens is 290 g/mol. The highest BCUT2D eigenvalue weighted by molar-refractivity contribution is 5.92. The van der Waals surface area contributed by atoms with Crippen molar-refractivity contribution in [2.45, 2.75) is 19.8 Å². The maximum atomic E-state index is 12.6. The Labute approximate surface area is 136 Å². The van der Waals surface area contributed by atoms with Crippen LogP contribution in [0.25, 0.3) is 0 Å². The van der Waals surface area contributed by atoms with Gasteiger partial charge >= 0.3 is 0 Å². The van der Waals surface area contributed by atoms with Gasteiger partial charge in [0.25, 0.3) is 5.91 Å². The molecule has 1 aromatic carbocycles. The van der Waals surface area contributed by atoms with Crippen LogP contribution >= 0.6 is 0 Å². The quantitative estimate of drug-likeness (QED) is 0.852. The number of amides is 1. The van der Waals surface area contributed by atoms with E-state index in [2.05, 4.69) is 5.10 Å². The van der Waals surface area contributed by atoms with Crippen LogP contribution in [-0.2, 0) is 7.05 Å². The molecular formula is C18H23N3O2. The first kappa shape index (κ1) is 15.6. The minimum absolute atomic E-state index is 0.0829. The Morgan fingerprint density at radius 3 is 2.83 bits per heavy atom. The lowest BCUT2D eigenvalue weighted by Crippen LogP contribution is -2.30. The lowest BCUT2D eigenvalue weighted by atomic mass is 10.1. The fourth-order valence-electron chi connectivity index (χ4n) is 3.09. The molecule has 0 spiro atoms. The van der Waals surface area contributed by atoms with Crippen LogP contribution in [0.4, 0.5) is 0 Å². The van der Waals surface area contributed by atoms with Gasteiger partial charge in [-0.2, -0.15) is 5.10 Å². The molecule has 1 fully saturated rings. The standard InChI is InChI=1S/C18H23N3O2/c1-14-12-17(20(2)19-14)18(22)21-10-8-15(13-21)9-11-23-16-6-4-3-5-7-16/h3-7,12,15H,8-11,13H2,1-2H3. The molecule has 122 valence electrons. The smallest absolute Gasteiger partial charge is 0.272 e. The van der Waals surface area contributed by atoms with Gasteiger partial charge in [-0.1, -0.05) is 18.2 Å². The Morgan fingerprint density at radius 1 is 1.35 bits per heavy atom. The number of carbonyl (C=O) groups is 1. The molecule has 3 rings (SSSR count). The minimum atomic E-state index is 0.0829. The number of aryl methyl sites for hydroxylation is 2. The first-order chi connectivity index (χ1) is 11.1. The molecule has 0 saturated carbocycles. The summed E-state index contributed by atoms with van der Waals surface area (Å²) >= 11 is 0. The van der Waals surface area contributed by atoms with Crippen molar-refractivity contribution in [3.63, 3.8) is 0 Å². The predicted molar refractivity (Wildman–Crippen MR) is 88.5 cm³/mol. The van der Waals surface area contributed by atoms with E-state index >= 15 is 0 Å². The van der Waals surface area contributed by atoms with Gasteiger partial charge in [0, 0.05) is 20.1 Å². The summed E-state index contributed by atoms with van der Waals surface area (Å²) < 4.78 is 7.42. The third-order valence-corrected chi connectivity index (χ3v) is 4.33. The first-order valence-electron chi connectivity index (χ1n) is 8.11. The molecule has 1 unspecified atom stereocenters. The number of hydrogen-bond donors (Lipinski definition) is 0. The number of rotatable bonds is 5. The van der Waals surface area contributed by atoms with Gasteiger partial charge in [0.15, 0.2) is 0 Å². The van der Waals surface area contributed by atoms with Crippen molar-refractivity contribution in [1.82, 2.24) is 14.7 Å². The SMILES string of the molecule is Cc1cc(C(=O)N2CCC(CCOc3ccccc3)C2)n(C)n1. The molecule has 1 amide bonds. The van der Waals surface area contributed by atoms with E-state index in [9.17, 15) is 4.79 Å². The Hall–Kier alpha value is -2.30. The molecule has 1 atom stereocenters. The fourth-order valence-corrected chi connectivity index (χ4v) is 3.09. The van der Waals surface area contributed by atoms with E-state index in [0.717, 1.165) is 37.4 Å². The number of carbonyl (C=O) groups excluding carboxylic acids is 1. The van der Waals surface area contributed by atoms with Gasteiger partial charge in [-0.3, -0.25) is 9.48 Å². The molecule has 1 aliphatic rings. The molecule has 2 heterocycles. The summed E-state index contributed by atoms with van der Waals surface area (Å²) in [6.45, 7) is 4.23. The van der Waals surface area contributed by atoms with Crippen LogP contribution in [0.1, 0.15) is 29.0 Å². The Kier molecular flexibility index (Phi) is 4.65. The van der Waals surface area contributed by atoms with Crippen molar-refractivity contribution >= 4 is 5.91 Å². The molecule has 0 N–H and O–H groups in total. The molecule has 23 heavy (non-hydrogen) atoms. The van der Waals surface area contributed by atoms with Crippen molar-refractivity contribution in [3.8, 4) is 5.75 Å². The second kappa shape index (κ2) is 6.86. The van der Waals surface area contributed by atoms with Crippen LogP contribution in [0.15, 0.2) is 36.4 Å². The summed E-state index contributed by atoms with van der Waals surface area (Å²) in [5.74, 6) is 1.50. The maximum Gasteiger partial charge on any atom is 0.272 e. The summed E-state index contributed by atoms with van der Waals surface area (Å²) in [6, 6.07) is 11.7. The topological polar surface area (TPSA) is 47.4 Å². The Morgan fingerprint density at radius 2 is 2.13 bits per heavy atom. The van der Waals surface area contributed by atoms with E-state index in [0.29, 0.717) is 18.2 Å². The van der Waals surface area contributed by atoms with E-state index < -0.39 is 0 Å². The zero-order valence-electron chi connectivity index (χ0n) is 13.7. The molecule has 0 aliphatic carbocycles. The molecule has 1 saturated heterocycles. The van der Waals surface area contributed by atoms with Gasteiger partial charge in [0.2, 0.25) is 0 Å². The third kappa shape index (κ3) is 3.73. The number of nitrogens with zero attached hydrogens (tertiary/aromatic N) is 3. The fraction of sp³-hybridized carbons (Fsp3) is 0.444. The van der Waals surface area contributed by atoms with Gasteiger partial charge in [0.1, 0.15) is 11.4 Å². The highest BCUT2D eigenvalue weighted by Crippen LogP contribution is 2.22. The first-order valence-corrected chi connectivity index (χ1v) is 8.11. The van der Waals surface area contributed by atoms with Crippen molar-refractivity contribution in [1.29, 1.82) is 0 Å². The van der Waals surface area contributed by atoms with Crippen LogP contribution in [0, 0.1) is 12.8 Å². The predicted octanol–water partition coefficient (Wildman–Crippen LogP) is 2.66. The van der Waals surface area contributed by atoms with Crippen molar-refractivity contribution in [2.75, 3.05) is 19.7 Å². The largest absolute Gasteiger partial charge is 0.494 e. The molecule has 5 heteroatoms. The van der Waals surface area contributed by atoms with E-state index in [1.165, 1.54) is 0 Å². The third-order valence-electron chi connectivity index (χ3n) is 4.33. The van der Waals surface area contributed by atoms with Crippen LogP contribution in [0.3, 0.4) is 0 Å². The van der Waals surface area contributed by atoms with Crippen molar-refractivity contribution in [2.24, 2.45) is 13.0 Å². The maximum absolute atomic E-state index is 12.6. The van der Waals surface area contributed by atoms with Gasteiger partial charge in [-0.05, 0) is 43.9 Å². The van der Waals surface area contributed by atoms with Crippen LogP contribution in [0.5, 0.6) is 5.75 Å². The molecule has 5 nitrogen and oxygen atoms in total. The Balaban J connectivity index is 1.48. The van der Waals surface area contributed by atoms with Crippen LogP contribution in [-0.4, -0.2) is 40.3 Å². The van der Waals surface area contributed by atoms with Gasteiger partial charge in [-0.15, -0.1) is 0 Å². The summed E-state index contributed by atoms with van der Waals surface area (Å²) in [4.78, 5) is 14.5. The lowest BCUT2D eigenvalue weighted by molar-refractivity contribution is 0.0774. The molecule has 2 aromatic rings. The van der Waals surface area contributed by atoms with Crippen molar-refractivity contribution in [3.05, 3.63) is 47.8 Å². The number of benzene rings is 1. The molecule has 0 radical (unpaired) electrons. The molecule has 1 aromatic heterocycles. The van der Waals surface area contributed by atoms with E-state index in [4.69, 9.17) is 4.74 Å². The summed E-state index contributed by atoms with van der Waals surface area (Å²) in [7, 11) is 1.82. The number of ether oxygens (including phenoxy) is 1. The summed E-state index contributed by atoms with van der Waals surface area (Å²) in [5.41, 5.74) is 1.55. The summed E-state index contributed by atoms with van der Waals surface area (Å²) in [6.07, 6.45) is 2.02. The number of hydrogen-bond acceptors (Lipinski definition) is 3. The van der Waals surface area contributed by atoms with E-state index in [1.807, 2.05) is 55.3 Å². The second-order valence-corrected chi connectivity index (χ2v) is 6.15. The molecule has 1 aliphatic heterocycles. The Bertz CT molecular complexity index is 666. The van der Waals surface area contributed by atoms with Crippen LogP contribution < -0.4 is 4.74 Å². The highest BCUT2D eigenvalue weighted by Gasteiger charge is 2.28. The minimum Gasteiger partial charge on any atom is -0.494 e. The lowest BCUT2D eigenvalue weighted by Gasteiger charge is -2.16. The number of likely N-dealkylation sites (tertiary alicyclic amines) is 1.